The fraction of sp³-hybridized carbons (Fsp3) is 0.100. The number of halogens is 2. The first-order valence-corrected chi connectivity index (χ1v) is 4.36. The summed E-state index contributed by atoms with van der Waals surface area (Å²) in [4.78, 5) is 10.8. The highest BCUT2D eigenvalue weighted by atomic mass is 35.5. The largest absolute Gasteiger partial charge is 0.503 e. The zero-order valence-electron chi connectivity index (χ0n) is 7.83. The highest BCUT2D eigenvalue weighted by molar-refractivity contribution is 6.34. The van der Waals surface area contributed by atoms with Gasteiger partial charge in [-0.2, -0.15) is 0 Å². The van der Waals surface area contributed by atoms with E-state index in [9.17, 15) is 9.18 Å². The van der Waals surface area contributed by atoms with Gasteiger partial charge >= 0.3 is 5.97 Å². The molecular weight excluding hydrogens is 223 g/mol. The van der Waals surface area contributed by atoms with Crippen LogP contribution in [0.15, 0.2) is 24.5 Å². The van der Waals surface area contributed by atoms with Crippen LogP contribution >= 0.6 is 11.6 Å². The summed E-state index contributed by atoms with van der Waals surface area (Å²) in [7, 11) is 1.28. The molecule has 0 fully saturated rings. The van der Waals surface area contributed by atoms with E-state index in [2.05, 4.69) is 4.74 Å². The summed E-state index contributed by atoms with van der Waals surface area (Å²) >= 11 is 5.70. The molecule has 0 atom stereocenters. The van der Waals surface area contributed by atoms with Crippen LogP contribution in [-0.2, 0) is 9.53 Å². The van der Waals surface area contributed by atoms with Crippen molar-refractivity contribution in [2.75, 3.05) is 7.11 Å². The zero-order valence-corrected chi connectivity index (χ0v) is 8.58. The standard InChI is InChI=1S/C10H8ClFO3/c1-15-5-6(10(13)14)9-7(11)3-2-4-8(9)12/h2-5H,1H3,(H,13,14)/b6-5-. The van der Waals surface area contributed by atoms with Gasteiger partial charge in [0, 0.05) is 5.56 Å². The molecule has 0 aliphatic heterocycles. The van der Waals surface area contributed by atoms with Gasteiger partial charge in [0.05, 0.1) is 18.4 Å². The van der Waals surface area contributed by atoms with E-state index < -0.39 is 11.8 Å². The molecule has 0 bridgehead atoms. The second kappa shape index (κ2) is 4.79. The minimum atomic E-state index is -1.30. The molecule has 15 heavy (non-hydrogen) atoms. The maximum Gasteiger partial charge on any atom is 0.339 e. The Morgan fingerprint density at radius 3 is 2.73 bits per heavy atom. The van der Waals surface area contributed by atoms with Crippen LogP contribution in [-0.4, -0.2) is 18.2 Å². The van der Waals surface area contributed by atoms with Crippen LogP contribution in [0.3, 0.4) is 0 Å². The fourth-order valence-corrected chi connectivity index (χ4v) is 1.35. The molecule has 0 heterocycles. The van der Waals surface area contributed by atoms with E-state index in [0.717, 1.165) is 12.3 Å². The predicted molar refractivity (Wildman–Crippen MR) is 54.0 cm³/mol. The van der Waals surface area contributed by atoms with Gasteiger partial charge in [0.15, 0.2) is 0 Å². The van der Waals surface area contributed by atoms with Crippen LogP contribution < -0.4 is 0 Å². The molecule has 0 unspecified atom stereocenters. The average Bonchev–Trinajstić information content (AvgIpc) is 2.15. The number of carboxylic acid groups (broad SMARTS) is 1. The Kier molecular flexibility index (Phi) is 3.68. The molecule has 0 saturated heterocycles. The number of benzene rings is 1. The van der Waals surface area contributed by atoms with E-state index in [1.807, 2.05) is 0 Å². The van der Waals surface area contributed by atoms with Gasteiger partial charge in [-0.1, -0.05) is 17.7 Å². The average molecular weight is 231 g/mol. The zero-order chi connectivity index (χ0) is 11.4. The monoisotopic (exact) mass is 230 g/mol. The SMILES string of the molecule is CO/C=C(\C(=O)O)c1c(F)cccc1Cl. The van der Waals surface area contributed by atoms with Crippen molar-refractivity contribution in [3.8, 4) is 0 Å². The Labute approximate surface area is 90.7 Å². The molecule has 0 spiro atoms. The van der Waals surface area contributed by atoms with Crippen LogP contribution in [0.2, 0.25) is 5.02 Å². The van der Waals surface area contributed by atoms with Gasteiger partial charge in [-0.05, 0) is 12.1 Å². The maximum atomic E-state index is 13.3. The number of hydrogen-bond acceptors (Lipinski definition) is 2. The summed E-state index contributed by atoms with van der Waals surface area (Å²) in [5.41, 5.74) is -0.492. The van der Waals surface area contributed by atoms with Crippen LogP contribution in [0.4, 0.5) is 4.39 Å². The minimum Gasteiger partial charge on any atom is -0.503 e. The first-order valence-electron chi connectivity index (χ1n) is 3.98. The summed E-state index contributed by atoms with van der Waals surface area (Å²) < 4.78 is 17.9. The molecule has 3 nitrogen and oxygen atoms in total. The molecule has 80 valence electrons. The van der Waals surface area contributed by atoms with Crippen molar-refractivity contribution >= 4 is 23.1 Å². The van der Waals surface area contributed by atoms with Crippen molar-refractivity contribution in [3.05, 3.63) is 40.9 Å². The highest BCUT2D eigenvalue weighted by Gasteiger charge is 2.18. The van der Waals surface area contributed by atoms with E-state index in [4.69, 9.17) is 16.7 Å². The van der Waals surface area contributed by atoms with E-state index in [-0.39, 0.29) is 16.2 Å². The van der Waals surface area contributed by atoms with Crippen molar-refractivity contribution in [2.24, 2.45) is 0 Å². The number of methoxy groups -OCH3 is 1. The molecule has 5 heteroatoms. The number of rotatable bonds is 3. The van der Waals surface area contributed by atoms with Crippen LogP contribution in [0.1, 0.15) is 5.56 Å². The first-order chi connectivity index (χ1) is 7.07. The van der Waals surface area contributed by atoms with E-state index >= 15 is 0 Å². The lowest BCUT2D eigenvalue weighted by Crippen LogP contribution is -2.03. The molecule has 0 radical (unpaired) electrons. The fourth-order valence-electron chi connectivity index (χ4n) is 1.09. The van der Waals surface area contributed by atoms with Crippen molar-refractivity contribution in [3.63, 3.8) is 0 Å². The first kappa shape index (κ1) is 11.5. The van der Waals surface area contributed by atoms with Crippen LogP contribution in [0.5, 0.6) is 0 Å². The highest BCUT2D eigenvalue weighted by Crippen LogP contribution is 2.26. The van der Waals surface area contributed by atoms with Crippen molar-refractivity contribution in [1.82, 2.24) is 0 Å². The lowest BCUT2D eigenvalue weighted by molar-refractivity contribution is -0.130. The van der Waals surface area contributed by atoms with Gasteiger partial charge < -0.3 is 9.84 Å². The number of carbonyl (C=O) groups is 1. The molecule has 0 aromatic heterocycles. The molecular formula is C10H8ClFO3. The maximum absolute atomic E-state index is 13.3. The number of carboxylic acids is 1. The van der Waals surface area contributed by atoms with Gasteiger partial charge in [0.2, 0.25) is 0 Å². The van der Waals surface area contributed by atoms with Crippen molar-refractivity contribution in [1.29, 1.82) is 0 Å². The summed E-state index contributed by atoms with van der Waals surface area (Å²) in [6.45, 7) is 0. The van der Waals surface area contributed by atoms with E-state index in [1.54, 1.807) is 0 Å². The third-order valence-corrected chi connectivity index (χ3v) is 2.01. The van der Waals surface area contributed by atoms with Gasteiger partial charge in [-0.15, -0.1) is 0 Å². The van der Waals surface area contributed by atoms with Gasteiger partial charge in [-0.3, -0.25) is 0 Å². The Morgan fingerprint density at radius 1 is 1.60 bits per heavy atom. The molecule has 0 aliphatic carbocycles. The summed E-state index contributed by atoms with van der Waals surface area (Å²) in [6, 6.07) is 3.94. The third kappa shape index (κ3) is 2.47. The summed E-state index contributed by atoms with van der Waals surface area (Å²) in [6.07, 6.45) is 0.937. The Hall–Kier alpha value is -1.55. The molecule has 0 aliphatic rings. The normalized spacial score (nSPS) is 11.3. The van der Waals surface area contributed by atoms with Crippen LogP contribution in [0.25, 0.3) is 5.57 Å². The Bertz CT molecular complexity index is 395. The Balaban J connectivity index is 3.35. The molecule has 0 amide bonds. The quantitative estimate of drug-likeness (QED) is 0.641. The molecule has 0 saturated carbocycles. The third-order valence-electron chi connectivity index (χ3n) is 1.70. The molecule has 1 N–H and O–H groups in total. The number of ether oxygens (including phenoxy) is 1. The topological polar surface area (TPSA) is 46.5 Å². The molecule has 1 aromatic rings. The van der Waals surface area contributed by atoms with E-state index in [0.29, 0.717) is 0 Å². The summed E-state index contributed by atoms with van der Waals surface area (Å²) in [5, 5.41) is 8.86. The number of aliphatic carboxylic acids is 1. The molecule has 1 rings (SSSR count). The van der Waals surface area contributed by atoms with Crippen molar-refractivity contribution < 1.29 is 19.0 Å². The van der Waals surface area contributed by atoms with Gasteiger partial charge in [0.25, 0.3) is 0 Å². The second-order valence-corrected chi connectivity index (χ2v) is 3.08. The van der Waals surface area contributed by atoms with Crippen molar-refractivity contribution in [2.45, 2.75) is 0 Å². The summed E-state index contributed by atoms with van der Waals surface area (Å²) in [5.74, 6) is -2.00. The minimum absolute atomic E-state index is 0.0284. The smallest absolute Gasteiger partial charge is 0.339 e. The second-order valence-electron chi connectivity index (χ2n) is 2.67. The Morgan fingerprint density at radius 2 is 2.27 bits per heavy atom. The van der Waals surface area contributed by atoms with Gasteiger partial charge in [-0.25, -0.2) is 9.18 Å². The molecule has 1 aromatic carbocycles. The number of hydrogen-bond donors (Lipinski definition) is 1. The lowest BCUT2D eigenvalue weighted by atomic mass is 10.1. The van der Waals surface area contributed by atoms with Gasteiger partial charge in [0.1, 0.15) is 11.4 Å². The van der Waals surface area contributed by atoms with Crippen LogP contribution in [0, 0.1) is 5.82 Å². The van der Waals surface area contributed by atoms with E-state index in [1.165, 1.54) is 19.2 Å². The predicted octanol–water partition coefficient (Wildman–Crippen LogP) is 2.55. The lowest BCUT2D eigenvalue weighted by Gasteiger charge is -2.05.